The number of hydrogen-bond donors (Lipinski definition) is 1. The number of rotatable bonds is 3. The van der Waals surface area contributed by atoms with E-state index >= 15 is 0 Å². The fraction of sp³-hybridized carbons (Fsp3) is 0.105. The Morgan fingerprint density at radius 3 is 2.59 bits per heavy atom. The predicted molar refractivity (Wildman–Crippen MR) is 97.9 cm³/mol. The fourth-order valence-electron chi connectivity index (χ4n) is 2.88. The zero-order valence-electron chi connectivity index (χ0n) is 14.3. The average molecular weight is 359 g/mol. The quantitative estimate of drug-likeness (QED) is 0.561. The molecule has 2 aromatic heterocycles. The van der Waals surface area contributed by atoms with Crippen LogP contribution < -0.4 is 11.1 Å². The van der Waals surface area contributed by atoms with Gasteiger partial charge in [-0.15, -0.1) is 0 Å². The van der Waals surface area contributed by atoms with Gasteiger partial charge in [0.05, 0.1) is 22.7 Å². The van der Waals surface area contributed by atoms with E-state index < -0.39 is 11.1 Å². The second-order valence-electron chi connectivity index (χ2n) is 5.85. The molecule has 2 heterocycles. The summed E-state index contributed by atoms with van der Waals surface area (Å²) in [6.07, 6.45) is 0. The first-order valence-corrected chi connectivity index (χ1v) is 8.22. The van der Waals surface area contributed by atoms with Crippen molar-refractivity contribution in [1.29, 1.82) is 5.26 Å². The Balaban J connectivity index is 1.78. The maximum absolute atomic E-state index is 11.9. The third kappa shape index (κ3) is 2.81. The molecule has 4 aromatic rings. The summed E-state index contributed by atoms with van der Waals surface area (Å²) in [5.74, 6) is 0.674. The van der Waals surface area contributed by atoms with Gasteiger partial charge >= 0.3 is 11.1 Å². The lowest BCUT2D eigenvalue weighted by Gasteiger charge is -2.07. The maximum Gasteiger partial charge on any atom is 0.316 e. The molecule has 0 saturated heterocycles. The minimum absolute atomic E-state index is 0.321. The molecular weight excluding hydrogens is 346 g/mol. The molecule has 0 aliphatic heterocycles. The van der Waals surface area contributed by atoms with Crippen molar-refractivity contribution in [2.75, 3.05) is 0 Å². The zero-order chi connectivity index (χ0) is 19.0. The van der Waals surface area contributed by atoms with Crippen LogP contribution >= 0.6 is 0 Å². The lowest BCUT2D eigenvalue weighted by molar-refractivity contribution is 0.432. The lowest BCUT2D eigenvalue weighted by atomic mass is 10.1. The summed E-state index contributed by atoms with van der Waals surface area (Å²) < 4.78 is 6.72. The fourth-order valence-corrected chi connectivity index (χ4v) is 2.88. The number of nitriles is 1. The van der Waals surface area contributed by atoms with Crippen molar-refractivity contribution in [2.45, 2.75) is 13.5 Å². The van der Waals surface area contributed by atoms with Crippen molar-refractivity contribution in [3.8, 4) is 28.9 Å². The monoisotopic (exact) mass is 359 g/mol. The van der Waals surface area contributed by atoms with E-state index in [2.05, 4.69) is 21.2 Å². The number of aryl methyl sites for hydroxylation is 1. The van der Waals surface area contributed by atoms with E-state index in [1.807, 2.05) is 0 Å². The van der Waals surface area contributed by atoms with Crippen molar-refractivity contribution >= 4 is 11.0 Å². The molecule has 0 aliphatic rings. The molecule has 4 rings (SSSR count). The Kier molecular flexibility index (Phi) is 3.90. The topological polar surface area (TPSA) is 118 Å². The minimum Gasteiger partial charge on any atom is -0.334 e. The van der Waals surface area contributed by atoms with E-state index in [4.69, 9.17) is 9.78 Å². The van der Waals surface area contributed by atoms with Crippen molar-refractivity contribution in [2.24, 2.45) is 0 Å². The Labute approximate surface area is 152 Å². The number of aromatic nitrogens is 4. The summed E-state index contributed by atoms with van der Waals surface area (Å²) in [6.45, 7) is 2.20. The predicted octanol–water partition coefficient (Wildman–Crippen LogP) is 2.30. The molecule has 132 valence electrons. The van der Waals surface area contributed by atoms with Crippen molar-refractivity contribution in [3.05, 3.63) is 68.7 Å². The Hall–Kier alpha value is -3.99. The number of H-pyrrole nitrogens is 1. The van der Waals surface area contributed by atoms with Gasteiger partial charge in [0.25, 0.3) is 5.89 Å². The van der Waals surface area contributed by atoms with Gasteiger partial charge in [-0.1, -0.05) is 5.16 Å². The summed E-state index contributed by atoms with van der Waals surface area (Å²) in [5.41, 5.74) is 1.77. The smallest absolute Gasteiger partial charge is 0.316 e. The number of benzene rings is 2. The Morgan fingerprint density at radius 1 is 1.15 bits per heavy atom. The molecule has 2 aromatic carbocycles. The van der Waals surface area contributed by atoms with E-state index in [0.29, 0.717) is 46.0 Å². The molecule has 0 amide bonds. The molecule has 8 heteroatoms. The molecular formula is C19H13N5O3. The van der Waals surface area contributed by atoms with Crippen LogP contribution in [-0.4, -0.2) is 19.7 Å². The Morgan fingerprint density at radius 2 is 1.89 bits per heavy atom. The van der Waals surface area contributed by atoms with Crippen LogP contribution in [0.1, 0.15) is 12.5 Å². The lowest BCUT2D eigenvalue weighted by Crippen LogP contribution is -2.35. The van der Waals surface area contributed by atoms with E-state index in [-0.39, 0.29) is 0 Å². The highest BCUT2D eigenvalue weighted by molar-refractivity contribution is 5.80. The molecule has 0 bridgehead atoms. The molecule has 8 nitrogen and oxygen atoms in total. The van der Waals surface area contributed by atoms with Gasteiger partial charge in [0.15, 0.2) is 0 Å². The summed E-state index contributed by atoms with van der Waals surface area (Å²) in [7, 11) is 0. The second-order valence-corrected chi connectivity index (χ2v) is 5.85. The zero-order valence-corrected chi connectivity index (χ0v) is 14.3. The molecule has 0 fully saturated rings. The van der Waals surface area contributed by atoms with Crippen LogP contribution in [-0.2, 0) is 6.54 Å². The van der Waals surface area contributed by atoms with Crippen molar-refractivity contribution < 1.29 is 4.52 Å². The van der Waals surface area contributed by atoms with Crippen LogP contribution in [0.15, 0.2) is 56.6 Å². The van der Waals surface area contributed by atoms with Crippen LogP contribution in [0.25, 0.3) is 33.9 Å². The van der Waals surface area contributed by atoms with E-state index in [9.17, 15) is 9.59 Å². The second kappa shape index (κ2) is 6.38. The molecule has 0 unspecified atom stereocenters. The number of nitrogens with zero attached hydrogens (tertiary/aromatic N) is 4. The third-order valence-electron chi connectivity index (χ3n) is 4.24. The number of aromatic amines is 1. The van der Waals surface area contributed by atoms with E-state index in [0.717, 1.165) is 0 Å². The third-order valence-corrected chi connectivity index (χ3v) is 4.24. The molecule has 0 radical (unpaired) electrons. The van der Waals surface area contributed by atoms with Crippen LogP contribution in [0.3, 0.4) is 0 Å². The summed E-state index contributed by atoms with van der Waals surface area (Å²) in [6, 6.07) is 14.1. The van der Waals surface area contributed by atoms with Crippen LogP contribution in [0.2, 0.25) is 0 Å². The summed E-state index contributed by atoms with van der Waals surface area (Å²) in [5, 5.41) is 12.8. The molecule has 27 heavy (non-hydrogen) atoms. The summed E-state index contributed by atoms with van der Waals surface area (Å²) >= 11 is 0. The molecule has 0 spiro atoms. The maximum atomic E-state index is 11.9. The first-order valence-electron chi connectivity index (χ1n) is 8.22. The normalized spacial score (nSPS) is 10.8. The van der Waals surface area contributed by atoms with Gasteiger partial charge in [0.2, 0.25) is 5.82 Å². The van der Waals surface area contributed by atoms with Gasteiger partial charge in [-0.2, -0.15) is 10.2 Å². The van der Waals surface area contributed by atoms with Crippen LogP contribution in [0.5, 0.6) is 0 Å². The standard InChI is InChI=1S/C19H13N5O3/c1-2-24-15-8-7-13(9-14(15)21-17(25)19(24)26)16-22-18(27-23-16)12-5-3-11(10-20)4-6-12/h3-9H,2H2,1H3,(H,21,25). The first kappa shape index (κ1) is 16.5. The largest absolute Gasteiger partial charge is 0.334 e. The SMILES string of the molecule is CCn1c(=O)c(=O)[nH]c2cc(-c3noc(-c4ccc(C#N)cc4)n3)ccc21. The summed E-state index contributed by atoms with van der Waals surface area (Å²) in [4.78, 5) is 30.7. The van der Waals surface area contributed by atoms with Crippen molar-refractivity contribution in [1.82, 2.24) is 19.7 Å². The highest BCUT2D eigenvalue weighted by atomic mass is 16.5. The molecule has 1 N–H and O–H groups in total. The van der Waals surface area contributed by atoms with Gasteiger partial charge < -0.3 is 14.1 Å². The van der Waals surface area contributed by atoms with Gasteiger partial charge in [-0.05, 0) is 49.4 Å². The van der Waals surface area contributed by atoms with Crippen molar-refractivity contribution in [3.63, 3.8) is 0 Å². The number of nitrogens with one attached hydrogen (secondary N) is 1. The first-order chi connectivity index (χ1) is 13.1. The van der Waals surface area contributed by atoms with Crippen LogP contribution in [0, 0.1) is 11.3 Å². The highest BCUT2D eigenvalue weighted by Crippen LogP contribution is 2.24. The van der Waals surface area contributed by atoms with Crippen LogP contribution in [0.4, 0.5) is 0 Å². The Bertz CT molecular complexity index is 1310. The molecule has 0 atom stereocenters. The average Bonchev–Trinajstić information content (AvgIpc) is 3.19. The highest BCUT2D eigenvalue weighted by Gasteiger charge is 2.13. The van der Waals surface area contributed by atoms with E-state index in [1.54, 1.807) is 49.4 Å². The van der Waals surface area contributed by atoms with E-state index in [1.165, 1.54) is 4.57 Å². The van der Waals surface area contributed by atoms with Gasteiger partial charge in [-0.3, -0.25) is 9.59 Å². The van der Waals surface area contributed by atoms with Gasteiger partial charge in [0, 0.05) is 17.7 Å². The van der Waals surface area contributed by atoms with Gasteiger partial charge in [-0.25, -0.2) is 0 Å². The minimum atomic E-state index is -0.673. The number of hydrogen-bond acceptors (Lipinski definition) is 6. The van der Waals surface area contributed by atoms with Gasteiger partial charge in [0.1, 0.15) is 0 Å². The number of fused-ring (bicyclic) bond motifs is 1. The molecule has 0 saturated carbocycles. The molecule has 0 aliphatic carbocycles.